The Morgan fingerprint density at radius 1 is 1.29 bits per heavy atom. The molecule has 1 aliphatic rings. The third-order valence-corrected chi connectivity index (χ3v) is 9.35. The van der Waals surface area contributed by atoms with Crippen molar-refractivity contribution in [1.29, 1.82) is 0 Å². The van der Waals surface area contributed by atoms with Crippen molar-refractivity contribution in [3.8, 4) is 0 Å². The van der Waals surface area contributed by atoms with E-state index in [1.165, 1.54) is 29.4 Å². The van der Waals surface area contributed by atoms with Gasteiger partial charge in [-0.2, -0.15) is 0 Å². The van der Waals surface area contributed by atoms with E-state index in [1.54, 1.807) is 11.1 Å². The smallest absolute Gasteiger partial charge is 0.0400 e. The summed E-state index contributed by atoms with van der Waals surface area (Å²) in [6.07, 6.45) is 2.75. The highest BCUT2D eigenvalue weighted by atomic mass is 79.9. The second-order valence-electron chi connectivity index (χ2n) is 5.41. The predicted octanol–water partition coefficient (Wildman–Crippen LogP) is 5.14. The van der Waals surface area contributed by atoms with Crippen LogP contribution in [0.25, 0.3) is 0 Å². The molecule has 0 unspecified atom stereocenters. The number of benzene rings is 1. The molecule has 0 nitrogen and oxygen atoms in total. The summed E-state index contributed by atoms with van der Waals surface area (Å²) in [6.45, 7) is 7.27. The minimum absolute atomic E-state index is 0.521. The summed E-state index contributed by atoms with van der Waals surface area (Å²) in [5.74, 6) is 0.785. The minimum Gasteiger partial charge on any atom is -0.0680 e. The average Bonchev–Trinajstić information content (AvgIpc) is 2.34. The van der Waals surface area contributed by atoms with Crippen LogP contribution in [-0.2, 0) is 6.42 Å². The second kappa shape index (κ2) is 5.70. The Bertz CT molecular complexity index is 385. The Labute approximate surface area is 116 Å². The molecule has 0 bridgehead atoms. The van der Waals surface area contributed by atoms with Crippen molar-refractivity contribution in [2.24, 2.45) is 0 Å². The molecule has 0 aromatic heterocycles. The standard InChI is InChI=1S/C15H23BrSi/c1-4-17(5-2)15-9-7-12-6-8-13(16)10-14(12)11(15)3/h6,8,10-11,15,17H,4-5,7,9H2,1-3H3/t11-,15+/m1/s1. The Morgan fingerprint density at radius 2 is 2.00 bits per heavy atom. The van der Waals surface area contributed by atoms with Crippen LogP contribution in [0.5, 0.6) is 0 Å². The van der Waals surface area contributed by atoms with Crippen molar-refractivity contribution in [2.75, 3.05) is 0 Å². The quantitative estimate of drug-likeness (QED) is 0.678. The third-order valence-electron chi connectivity index (χ3n) is 4.64. The molecule has 0 saturated carbocycles. The lowest BCUT2D eigenvalue weighted by atomic mass is 9.83. The largest absolute Gasteiger partial charge is 0.0680 e. The van der Waals surface area contributed by atoms with Crippen molar-refractivity contribution in [1.82, 2.24) is 0 Å². The lowest BCUT2D eigenvalue weighted by molar-refractivity contribution is 0.574. The first kappa shape index (κ1) is 13.4. The molecule has 0 aliphatic heterocycles. The topological polar surface area (TPSA) is 0 Å². The van der Waals surface area contributed by atoms with Crippen molar-refractivity contribution in [2.45, 2.75) is 57.2 Å². The van der Waals surface area contributed by atoms with Gasteiger partial charge in [0.05, 0.1) is 0 Å². The molecule has 1 aromatic rings. The van der Waals surface area contributed by atoms with Gasteiger partial charge < -0.3 is 0 Å². The zero-order valence-corrected chi connectivity index (χ0v) is 13.9. The molecular formula is C15H23BrSi. The molecule has 2 heteroatoms. The lowest BCUT2D eigenvalue weighted by Gasteiger charge is -2.35. The van der Waals surface area contributed by atoms with Gasteiger partial charge in [-0.25, -0.2) is 0 Å². The summed E-state index contributed by atoms with van der Waals surface area (Å²) in [6, 6.07) is 9.81. The zero-order valence-electron chi connectivity index (χ0n) is 11.2. The molecule has 1 aromatic carbocycles. The van der Waals surface area contributed by atoms with Crippen molar-refractivity contribution >= 4 is 24.7 Å². The maximum absolute atomic E-state index is 3.62. The highest BCUT2D eigenvalue weighted by molar-refractivity contribution is 9.10. The fourth-order valence-electron chi connectivity index (χ4n) is 3.56. The summed E-state index contributed by atoms with van der Waals surface area (Å²) in [5, 5.41) is 0. The van der Waals surface area contributed by atoms with E-state index in [0.29, 0.717) is 0 Å². The van der Waals surface area contributed by atoms with Gasteiger partial charge in [0.1, 0.15) is 0 Å². The first-order valence-electron chi connectivity index (χ1n) is 6.95. The number of rotatable bonds is 3. The number of hydrogen-bond donors (Lipinski definition) is 0. The van der Waals surface area contributed by atoms with Crippen molar-refractivity contribution in [3.05, 3.63) is 33.8 Å². The highest BCUT2D eigenvalue weighted by Crippen LogP contribution is 2.43. The van der Waals surface area contributed by atoms with Gasteiger partial charge in [0.25, 0.3) is 0 Å². The Morgan fingerprint density at radius 3 is 2.65 bits per heavy atom. The van der Waals surface area contributed by atoms with E-state index in [2.05, 4.69) is 54.9 Å². The van der Waals surface area contributed by atoms with E-state index in [0.717, 1.165) is 11.5 Å². The average molecular weight is 311 g/mol. The van der Waals surface area contributed by atoms with Crippen LogP contribution in [0.2, 0.25) is 17.6 Å². The van der Waals surface area contributed by atoms with E-state index in [4.69, 9.17) is 0 Å². The van der Waals surface area contributed by atoms with Crippen LogP contribution in [-0.4, -0.2) is 8.80 Å². The lowest BCUT2D eigenvalue weighted by Crippen LogP contribution is -2.27. The predicted molar refractivity (Wildman–Crippen MR) is 82.7 cm³/mol. The van der Waals surface area contributed by atoms with Gasteiger partial charge in [-0.15, -0.1) is 0 Å². The number of halogens is 1. The fourth-order valence-corrected chi connectivity index (χ4v) is 7.39. The molecule has 2 atom stereocenters. The van der Waals surface area contributed by atoms with E-state index in [-0.39, 0.29) is 0 Å². The molecule has 2 rings (SSSR count). The summed E-state index contributed by atoms with van der Waals surface area (Å²) >= 11 is 3.62. The van der Waals surface area contributed by atoms with Crippen molar-refractivity contribution in [3.63, 3.8) is 0 Å². The molecular weight excluding hydrogens is 288 g/mol. The zero-order chi connectivity index (χ0) is 12.4. The third kappa shape index (κ3) is 2.68. The van der Waals surface area contributed by atoms with Gasteiger partial charge in [-0.1, -0.05) is 54.9 Å². The molecule has 94 valence electrons. The van der Waals surface area contributed by atoms with Crippen LogP contribution in [0.4, 0.5) is 0 Å². The summed E-state index contributed by atoms with van der Waals surface area (Å²) in [7, 11) is -0.521. The Hall–Kier alpha value is -0.0831. The van der Waals surface area contributed by atoms with Crippen LogP contribution in [0, 0.1) is 0 Å². The van der Waals surface area contributed by atoms with Gasteiger partial charge in [0.2, 0.25) is 0 Å². The van der Waals surface area contributed by atoms with Crippen LogP contribution in [0.15, 0.2) is 22.7 Å². The highest BCUT2D eigenvalue weighted by Gasteiger charge is 2.31. The van der Waals surface area contributed by atoms with E-state index >= 15 is 0 Å². The number of hydrogen-bond acceptors (Lipinski definition) is 0. The minimum atomic E-state index is -0.521. The molecule has 0 heterocycles. The van der Waals surface area contributed by atoms with Crippen LogP contribution < -0.4 is 0 Å². The van der Waals surface area contributed by atoms with Crippen molar-refractivity contribution < 1.29 is 0 Å². The fraction of sp³-hybridized carbons (Fsp3) is 0.600. The van der Waals surface area contributed by atoms with Crippen LogP contribution in [0.1, 0.15) is 44.2 Å². The first-order valence-corrected chi connectivity index (χ1v) is 10.0. The maximum Gasteiger partial charge on any atom is 0.0400 e. The molecule has 0 fully saturated rings. The normalized spacial score (nSPS) is 23.8. The van der Waals surface area contributed by atoms with Gasteiger partial charge in [-0.05, 0) is 47.6 Å². The van der Waals surface area contributed by atoms with Gasteiger partial charge >= 0.3 is 0 Å². The van der Waals surface area contributed by atoms with E-state index in [1.807, 2.05) is 0 Å². The molecule has 1 aliphatic carbocycles. The summed E-state index contributed by atoms with van der Waals surface area (Å²) < 4.78 is 1.25. The van der Waals surface area contributed by atoms with Crippen LogP contribution in [0.3, 0.4) is 0 Å². The number of fused-ring (bicyclic) bond motifs is 1. The number of aryl methyl sites for hydroxylation is 1. The Kier molecular flexibility index (Phi) is 4.48. The van der Waals surface area contributed by atoms with E-state index < -0.39 is 8.80 Å². The first-order chi connectivity index (χ1) is 8.17. The van der Waals surface area contributed by atoms with Crippen LogP contribution >= 0.6 is 15.9 Å². The monoisotopic (exact) mass is 310 g/mol. The summed E-state index contributed by atoms with van der Waals surface area (Å²) in [4.78, 5) is 0. The van der Waals surface area contributed by atoms with Gasteiger partial charge in [0, 0.05) is 13.3 Å². The molecule has 17 heavy (non-hydrogen) atoms. The molecule has 0 N–H and O–H groups in total. The van der Waals surface area contributed by atoms with Gasteiger partial charge in [-0.3, -0.25) is 0 Å². The van der Waals surface area contributed by atoms with Gasteiger partial charge in [0.15, 0.2) is 0 Å². The summed E-state index contributed by atoms with van der Waals surface area (Å²) in [5.41, 5.74) is 4.23. The second-order valence-corrected chi connectivity index (χ2v) is 10.3. The molecule has 0 saturated heterocycles. The molecule has 0 spiro atoms. The molecule has 0 amide bonds. The maximum atomic E-state index is 3.62. The SMILES string of the molecule is CC[SiH](CC)[C@H]1CCc2ccc(Br)cc2[C@H]1C. The Balaban J connectivity index is 2.28. The van der Waals surface area contributed by atoms with E-state index in [9.17, 15) is 0 Å². The molecule has 0 radical (unpaired) electrons.